The minimum absolute atomic E-state index is 0.249. The van der Waals surface area contributed by atoms with Gasteiger partial charge in [0.25, 0.3) is 0 Å². The first-order chi connectivity index (χ1) is 16.2. The molecular weight excluding hydrogens is 413 g/mol. The van der Waals surface area contributed by atoms with E-state index in [-0.39, 0.29) is 5.82 Å². The molecule has 4 aromatic rings. The van der Waals surface area contributed by atoms with E-state index in [4.69, 9.17) is 5.10 Å². The lowest BCUT2D eigenvalue weighted by Crippen LogP contribution is -2.44. The number of aromatic amines is 1. The molecule has 3 heterocycles. The molecule has 5 nitrogen and oxygen atoms in total. The average molecular weight is 442 g/mol. The zero-order chi connectivity index (χ0) is 22.6. The molecule has 0 spiro atoms. The second kappa shape index (κ2) is 9.55. The van der Waals surface area contributed by atoms with Crippen molar-refractivity contribution in [2.75, 3.05) is 25.0 Å². The van der Waals surface area contributed by atoms with Gasteiger partial charge in [-0.3, -0.25) is 10.1 Å². The van der Waals surface area contributed by atoms with Gasteiger partial charge in [-0.1, -0.05) is 30.3 Å². The summed E-state index contributed by atoms with van der Waals surface area (Å²) in [5.41, 5.74) is 5.12. The first kappa shape index (κ1) is 21.3. The molecule has 0 radical (unpaired) electrons. The van der Waals surface area contributed by atoms with E-state index in [0.29, 0.717) is 6.04 Å². The number of nitrogens with one attached hydrogen (secondary N) is 1. The number of likely N-dealkylation sites (tertiary alicyclic amines) is 1. The summed E-state index contributed by atoms with van der Waals surface area (Å²) in [4.78, 5) is 9.04. The Balaban J connectivity index is 1.63. The summed E-state index contributed by atoms with van der Waals surface area (Å²) in [5.74, 6) is 0.680. The first-order valence-corrected chi connectivity index (χ1v) is 11.4. The Labute approximate surface area is 193 Å². The van der Waals surface area contributed by atoms with E-state index < -0.39 is 0 Å². The monoisotopic (exact) mass is 441 g/mol. The fraction of sp³-hybridized carbons (Fsp3) is 0.259. The number of pyridine rings is 1. The molecule has 2 aromatic heterocycles. The molecule has 1 aliphatic heterocycles. The van der Waals surface area contributed by atoms with Gasteiger partial charge in [0.05, 0.1) is 11.3 Å². The van der Waals surface area contributed by atoms with Crippen LogP contribution >= 0.6 is 0 Å². The van der Waals surface area contributed by atoms with E-state index in [1.54, 1.807) is 24.5 Å². The Morgan fingerprint density at radius 1 is 0.939 bits per heavy atom. The van der Waals surface area contributed by atoms with Crippen molar-refractivity contribution in [1.82, 2.24) is 20.1 Å². The minimum Gasteiger partial charge on any atom is -0.347 e. The van der Waals surface area contributed by atoms with Crippen LogP contribution in [0.25, 0.3) is 22.4 Å². The van der Waals surface area contributed by atoms with Crippen LogP contribution in [0.4, 0.5) is 10.2 Å². The van der Waals surface area contributed by atoms with Gasteiger partial charge < -0.3 is 9.80 Å². The molecule has 0 amide bonds. The quantitative estimate of drug-likeness (QED) is 0.437. The van der Waals surface area contributed by atoms with Crippen LogP contribution in [-0.2, 0) is 6.54 Å². The van der Waals surface area contributed by atoms with Gasteiger partial charge in [-0.15, -0.1) is 0 Å². The van der Waals surface area contributed by atoms with Gasteiger partial charge in [0.15, 0.2) is 5.82 Å². The molecule has 5 rings (SSSR count). The van der Waals surface area contributed by atoms with Crippen LogP contribution in [0.2, 0.25) is 0 Å². The lowest BCUT2D eigenvalue weighted by Gasteiger charge is -2.38. The molecule has 168 valence electrons. The minimum atomic E-state index is -0.249. The van der Waals surface area contributed by atoms with Crippen molar-refractivity contribution in [2.45, 2.75) is 25.4 Å². The summed E-state index contributed by atoms with van der Waals surface area (Å²) < 4.78 is 13.6. The number of benzene rings is 2. The predicted octanol–water partition coefficient (Wildman–Crippen LogP) is 5.38. The van der Waals surface area contributed by atoms with Crippen molar-refractivity contribution >= 4 is 5.82 Å². The van der Waals surface area contributed by atoms with E-state index in [1.165, 1.54) is 17.7 Å². The predicted molar refractivity (Wildman–Crippen MR) is 130 cm³/mol. The van der Waals surface area contributed by atoms with E-state index in [2.05, 4.69) is 51.2 Å². The average Bonchev–Trinajstić information content (AvgIpc) is 3.30. The van der Waals surface area contributed by atoms with Crippen molar-refractivity contribution in [1.29, 1.82) is 0 Å². The van der Waals surface area contributed by atoms with E-state index >= 15 is 0 Å². The number of piperidine rings is 1. The summed E-state index contributed by atoms with van der Waals surface area (Å²) >= 11 is 0. The second-order valence-electron chi connectivity index (χ2n) is 8.69. The summed E-state index contributed by atoms with van der Waals surface area (Å²) in [5, 5.41) is 8.13. The summed E-state index contributed by atoms with van der Waals surface area (Å²) in [7, 11) is 2.18. The number of hydrogen-bond donors (Lipinski definition) is 1. The molecule has 0 aliphatic carbocycles. The molecule has 33 heavy (non-hydrogen) atoms. The van der Waals surface area contributed by atoms with Crippen LogP contribution in [-0.4, -0.2) is 46.3 Å². The lowest BCUT2D eigenvalue weighted by atomic mass is 9.98. The van der Waals surface area contributed by atoms with Gasteiger partial charge in [-0.2, -0.15) is 5.10 Å². The van der Waals surface area contributed by atoms with Gasteiger partial charge in [0, 0.05) is 30.5 Å². The van der Waals surface area contributed by atoms with E-state index in [9.17, 15) is 4.39 Å². The number of rotatable bonds is 6. The van der Waals surface area contributed by atoms with Crippen LogP contribution in [0.1, 0.15) is 18.4 Å². The maximum absolute atomic E-state index is 13.6. The molecule has 2 aromatic carbocycles. The third-order valence-corrected chi connectivity index (χ3v) is 6.45. The van der Waals surface area contributed by atoms with Crippen LogP contribution < -0.4 is 4.90 Å². The summed E-state index contributed by atoms with van der Waals surface area (Å²) in [6, 6.07) is 21.5. The van der Waals surface area contributed by atoms with Crippen molar-refractivity contribution in [3.63, 3.8) is 0 Å². The summed E-state index contributed by atoms with van der Waals surface area (Å²) in [6.07, 6.45) is 5.77. The second-order valence-corrected chi connectivity index (χ2v) is 8.69. The highest BCUT2D eigenvalue weighted by Gasteiger charge is 2.29. The Kier molecular flexibility index (Phi) is 6.17. The summed E-state index contributed by atoms with van der Waals surface area (Å²) in [6.45, 7) is 2.91. The molecule has 1 fully saturated rings. The Morgan fingerprint density at radius 2 is 1.64 bits per heavy atom. The SMILES string of the molecule is CN1CCC(N(Cc2ccccc2)c2n[nH]c(-c3ccc(F)cc3)c2-c2ccncc2)CC1. The number of nitrogens with zero attached hydrogens (tertiary/aromatic N) is 4. The fourth-order valence-electron chi connectivity index (χ4n) is 4.62. The number of hydrogen-bond acceptors (Lipinski definition) is 4. The molecule has 1 N–H and O–H groups in total. The normalized spacial score (nSPS) is 15.0. The highest BCUT2D eigenvalue weighted by molar-refractivity contribution is 5.89. The van der Waals surface area contributed by atoms with Crippen LogP contribution in [0.5, 0.6) is 0 Å². The topological polar surface area (TPSA) is 48.0 Å². The first-order valence-electron chi connectivity index (χ1n) is 11.4. The van der Waals surface area contributed by atoms with E-state index in [1.807, 2.05) is 18.2 Å². The van der Waals surface area contributed by atoms with E-state index in [0.717, 1.165) is 60.7 Å². The Bertz CT molecular complexity index is 1170. The largest absolute Gasteiger partial charge is 0.347 e. The molecule has 0 bridgehead atoms. The number of aromatic nitrogens is 3. The highest BCUT2D eigenvalue weighted by Crippen LogP contribution is 2.40. The van der Waals surface area contributed by atoms with Crippen molar-refractivity contribution < 1.29 is 4.39 Å². The molecule has 1 saturated heterocycles. The molecular formula is C27H28FN5. The van der Waals surface area contributed by atoms with Crippen LogP contribution in [0, 0.1) is 5.82 Å². The molecule has 0 unspecified atom stereocenters. The van der Waals surface area contributed by atoms with Crippen LogP contribution in [0.15, 0.2) is 79.1 Å². The molecule has 1 aliphatic rings. The maximum Gasteiger partial charge on any atom is 0.159 e. The highest BCUT2D eigenvalue weighted by atomic mass is 19.1. The van der Waals surface area contributed by atoms with Gasteiger partial charge in [-0.05, 0) is 80.5 Å². The standard InChI is InChI=1S/C27H28FN5/c1-32-17-13-24(14-18-32)33(19-20-5-3-2-4-6-20)27-25(21-11-15-29-16-12-21)26(30-31-27)22-7-9-23(28)10-8-22/h2-12,15-16,24H,13-14,17-19H2,1H3,(H,30,31). The maximum atomic E-state index is 13.6. The Hall–Kier alpha value is -3.51. The van der Waals surface area contributed by atoms with Gasteiger partial charge in [-0.25, -0.2) is 4.39 Å². The fourth-order valence-corrected chi connectivity index (χ4v) is 4.62. The zero-order valence-electron chi connectivity index (χ0n) is 18.8. The Morgan fingerprint density at radius 3 is 2.33 bits per heavy atom. The van der Waals surface area contributed by atoms with Crippen molar-refractivity contribution in [3.05, 3.63) is 90.5 Å². The van der Waals surface area contributed by atoms with Gasteiger partial charge in [0.1, 0.15) is 5.82 Å². The third kappa shape index (κ3) is 4.66. The van der Waals surface area contributed by atoms with Crippen molar-refractivity contribution in [3.8, 4) is 22.4 Å². The molecule has 6 heteroatoms. The number of halogens is 1. The molecule has 0 saturated carbocycles. The number of anilines is 1. The molecule has 0 atom stereocenters. The smallest absolute Gasteiger partial charge is 0.159 e. The van der Waals surface area contributed by atoms with Crippen molar-refractivity contribution in [2.24, 2.45) is 0 Å². The zero-order valence-corrected chi connectivity index (χ0v) is 18.8. The lowest BCUT2D eigenvalue weighted by molar-refractivity contribution is 0.248. The third-order valence-electron chi connectivity index (χ3n) is 6.45. The van der Waals surface area contributed by atoms with Gasteiger partial charge >= 0.3 is 0 Å². The van der Waals surface area contributed by atoms with Crippen LogP contribution in [0.3, 0.4) is 0 Å². The number of H-pyrrole nitrogens is 1. The van der Waals surface area contributed by atoms with Gasteiger partial charge in [0.2, 0.25) is 0 Å².